The molecule has 1 amide bonds. The summed E-state index contributed by atoms with van der Waals surface area (Å²) in [6, 6.07) is 4.23. The zero-order valence-corrected chi connectivity index (χ0v) is 9.18. The van der Waals surface area contributed by atoms with Crippen LogP contribution in [0.15, 0.2) is 23.1 Å². The number of hydrogen-bond acceptors (Lipinski definition) is 3. The lowest BCUT2D eigenvalue weighted by atomic mass is 10.1. The molecule has 0 aromatic heterocycles. The molecule has 0 aliphatic rings. The van der Waals surface area contributed by atoms with Crippen LogP contribution < -0.4 is 10.9 Å². The number of primary sulfonamides is 1. The molecule has 0 radical (unpaired) electrons. The van der Waals surface area contributed by atoms with Gasteiger partial charge in [0.1, 0.15) is 4.90 Å². The van der Waals surface area contributed by atoms with Gasteiger partial charge in [0.15, 0.2) is 0 Å². The number of nitrogens with two attached hydrogens (primary N) is 2. The van der Waals surface area contributed by atoms with Crippen molar-refractivity contribution in [1.82, 2.24) is 0 Å². The number of carbonyl (C=O) groups is 1. The van der Waals surface area contributed by atoms with Crippen molar-refractivity contribution in [2.24, 2.45) is 10.9 Å². The summed E-state index contributed by atoms with van der Waals surface area (Å²) in [6.45, 7) is 0. The minimum Gasteiger partial charge on any atom is -0.369 e. The van der Waals surface area contributed by atoms with Crippen LogP contribution in [0.1, 0.15) is 5.56 Å². The average Bonchev–Trinajstić information content (AvgIpc) is 2.05. The predicted molar refractivity (Wildman–Crippen MR) is 55.7 cm³/mol. The molecule has 1 rings (SSSR count). The van der Waals surface area contributed by atoms with Crippen molar-refractivity contribution in [3.05, 3.63) is 28.8 Å². The van der Waals surface area contributed by atoms with Gasteiger partial charge in [0.05, 0.1) is 11.4 Å². The van der Waals surface area contributed by atoms with E-state index in [-0.39, 0.29) is 16.3 Å². The molecule has 5 nitrogen and oxygen atoms in total. The minimum atomic E-state index is -3.88. The van der Waals surface area contributed by atoms with Crippen LogP contribution in [0.5, 0.6) is 0 Å². The van der Waals surface area contributed by atoms with E-state index < -0.39 is 15.9 Å². The normalized spacial score (nSPS) is 11.3. The minimum absolute atomic E-state index is 0.0567. The van der Waals surface area contributed by atoms with E-state index in [4.69, 9.17) is 22.5 Å². The van der Waals surface area contributed by atoms with Crippen molar-refractivity contribution < 1.29 is 13.2 Å². The Labute approximate surface area is 92.1 Å². The van der Waals surface area contributed by atoms with Gasteiger partial charge in [-0.3, -0.25) is 4.79 Å². The standard InChI is InChI=1S/C8H9ClN2O3S/c9-8-5(4-7(10)12)2-1-3-6(8)15(11,13)14/h1-3H,4H2,(H2,10,12)(H2,11,13,14). The number of hydrogen-bond donors (Lipinski definition) is 2. The smallest absolute Gasteiger partial charge is 0.239 e. The van der Waals surface area contributed by atoms with Crippen LogP contribution in [-0.4, -0.2) is 14.3 Å². The zero-order chi connectivity index (χ0) is 11.6. The summed E-state index contributed by atoms with van der Waals surface area (Å²) in [5, 5.41) is 4.87. The molecular weight excluding hydrogens is 240 g/mol. The summed E-state index contributed by atoms with van der Waals surface area (Å²) in [5.41, 5.74) is 5.32. The number of halogens is 1. The van der Waals surface area contributed by atoms with Gasteiger partial charge in [0.25, 0.3) is 0 Å². The van der Waals surface area contributed by atoms with Gasteiger partial charge in [-0.25, -0.2) is 13.6 Å². The average molecular weight is 249 g/mol. The van der Waals surface area contributed by atoms with Gasteiger partial charge < -0.3 is 5.73 Å². The number of carbonyl (C=O) groups excluding carboxylic acids is 1. The fraction of sp³-hybridized carbons (Fsp3) is 0.125. The molecular formula is C8H9ClN2O3S. The number of primary amides is 1. The highest BCUT2D eigenvalue weighted by Crippen LogP contribution is 2.24. The Hall–Kier alpha value is -1.11. The summed E-state index contributed by atoms with van der Waals surface area (Å²) in [4.78, 5) is 10.5. The Morgan fingerprint density at radius 3 is 2.47 bits per heavy atom. The maximum atomic E-state index is 11.1. The highest BCUT2D eigenvalue weighted by molar-refractivity contribution is 7.89. The highest BCUT2D eigenvalue weighted by atomic mass is 35.5. The maximum Gasteiger partial charge on any atom is 0.239 e. The van der Waals surface area contributed by atoms with Crippen molar-refractivity contribution in [2.75, 3.05) is 0 Å². The maximum absolute atomic E-state index is 11.1. The Bertz CT molecular complexity index is 499. The van der Waals surface area contributed by atoms with Gasteiger partial charge >= 0.3 is 0 Å². The largest absolute Gasteiger partial charge is 0.369 e. The summed E-state index contributed by atoms with van der Waals surface area (Å²) in [7, 11) is -3.88. The molecule has 0 bridgehead atoms. The first kappa shape index (κ1) is 12.0. The van der Waals surface area contributed by atoms with Crippen LogP contribution in [0.4, 0.5) is 0 Å². The van der Waals surface area contributed by atoms with E-state index in [1.165, 1.54) is 18.2 Å². The van der Waals surface area contributed by atoms with E-state index >= 15 is 0 Å². The lowest BCUT2D eigenvalue weighted by Gasteiger charge is -2.05. The molecule has 0 spiro atoms. The molecule has 15 heavy (non-hydrogen) atoms. The van der Waals surface area contributed by atoms with E-state index in [0.717, 1.165) is 0 Å². The second kappa shape index (κ2) is 4.18. The third-order valence-electron chi connectivity index (χ3n) is 1.71. The lowest BCUT2D eigenvalue weighted by molar-refractivity contribution is -0.117. The Morgan fingerprint density at radius 1 is 1.40 bits per heavy atom. The van der Waals surface area contributed by atoms with Crippen molar-refractivity contribution >= 4 is 27.5 Å². The van der Waals surface area contributed by atoms with Crippen molar-refractivity contribution in [3.8, 4) is 0 Å². The molecule has 0 saturated heterocycles. The SMILES string of the molecule is NC(=O)Cc1cccc(S(N)(=O)=O)c1Cl. The van der Waals surface area contributed by atoms with Gasteiger partial charge in [-0.15, -0.1) is 0 Å². The zero-order valence-electron chi connectivity index (χ0n) is 7.60. The van der Waals surface area contributed by atoms with E-state index in [9.17, 15) is 13.2 Å². The van der Waals surface area contributed by atoms with Crippen LogP contribution in [-0.2, 0) is 21.2 Å². The van der Waals surface area contributed by atoms with E-state index in [0.29, 0.717) is 5.56 Å². The molecule has 0 heterocycles. The second-order valence-corrected chi connectivity index (χ2v) is 4.83. The van der Waals surface area contributed by atoms with E-state index in [1.807, 2.05) is 0 Å². The first-order valence-electron chi connectivity index (χ1n) is 3.91. The fourth-order valence-corrected chi connectivity index (χ4v) is 2.26. The molecule has 0 aliphatic carbocycles. The molecule has 0 unspecified atom stereocenters. The first-order valence-corrected chi connectivity index (χ1v) is 5.83. The molecule has 7 heteroatoms. The van der Waals surface area contributed by atoms with Crippen molar-refractivity contribution in [3.63, 3.8) is 0 Å². The summed E-state index contributed by atoms with van der Waals surface area (Å²) in [6.07, 6.45) is -0.123. The van der Waals surface area contributed by atoms with Gasteiger partial charge in [0.2, 0.25) is 15.9 Å². The van der Waals surface area contributed by atoms with Crippen LogP contribution in [0, 0.1) is 0 Å². The summed E-state index contributed by atoms with van der Waals surface area (Å²) >= 11 is 5.77. The topological polar surface area (TPSA) is 103 Å². The number of rotatable bonds is 3. The van der Waals surface area contributed by atoms with Gasteiger partial charge in [-0.2, -0.15) is 0 Å². The molecule has 4 N–H and O–H groups in total. The molecule has 1 aromatic carbocycles. The molecule has 82 valence electrons. The molecule has 1 aromatic rings. The van der Waals surface area contributed by atoms with Crippen LogP contribution in [0.25, 0.3) is 0 Å². The first-order chi connectivity index (χ1) is 6.82. The molecule has 0 atom stereocenters. The van der Waals surface area contributed by atoms with Crippen LogP contribution in [0.3, 0.4) is 0 Å². The number of amides is 1. The van der Waals surface area contributed by atoms with Crippen LogP contribution in [0.2, 0.25) is 5.02 Å². The second-order valence-electron chi connectivity index (χ2n) is 2.92. The Kier molecular flexibility index (Phi) is 3.33. The third kappa shape index (κ3) is 2.92. The number of benzene rings is 1. The monoisotopic (exact) mass is 248 g/mol. The summed E-state index contributed by atoms with van der Waals surface area (Å²) in [5.74, 6) is -0.594. The highest BCUT2D eigenvalue weighted by Gasteiger charge is 2.16. The fourth-order valence-electron chi connectivity index (χ4n) is 1.10. The Morgan fingerprint density at radius 2 is 2.00 bits per heavy atom. The quantitative estimate of drug-likeness (QED) is 0.788. The van der Waals surface area contributed by atoms with Crippen molar-refractivity contribution in [1.29, 1.82) is 0 Å². The van der Waals surface area contributed by atoms with E-state index in [1.54, 1.807) is 0 Å². The van der Waals surface area contributed by atoms with E-state index in [2.05, 4.69) is 0 Å². The summed E-state index contributed by atoms with van der Waals surface area (Å²) < 4.78 is 22.1. The lowest BCUT2D eigenvalue weighted by Crippen LogP contribution is -2.16. The van der Waals surface area contributed by atoms with Gasteiger partial charge in [-0.1, -0.05) is 23.7 Å². The molecule has 0 fully saturated rings. The van der Waals surface area contributed by atoms with Gasteiger partial charge in [0, 0.05) is 0 Å². The molecule has 0 saturated carbocycles. The number of sulfonamides is 1. The predicted octanol–water partition coefficient (Wildman–Crippen LogP) is 0.0152. The van der Waals surface area contributed by atoms with Gasteiger partial charge in [-0.05, 0) is 11.6 Å². The third-order valence-corrected chi connectivity index (χ3v) is 3.23. The van der Waals surface area contributed by atoms with Crippen molar-refractivity contribution in [2.45, 2.75) is 11.3 Å². The van der Waals surface area contributed by atoms with Crippen LogP contribution >= 0.6 is 11.6 Å². The molecule has 0 aliphatic heterocycles. The Balaban J connectivity index is 3.30.